The molecule has 0 amide bonds. The van der Waals surface area contributed by atoms with Crippen LogP contribution in [0, 0.1) is 39.9 Å². The van der Waals surface area contributed by atoms with Gasteiger partial charge in [-0.1, -0.05) is 84.3 Å². The maximum absolute atomic E-state index is 7.50. The first-order valence-corrected chi connectivity index (χ1v) is 16.6. The summed E-state index contributed by atoms with van der Waals surface area (Å²) in [6.45, 7) is 31.4. The van der Waals surface area contributed by atoms with Gasteiger partial charge in [0.15, 0.2) is 0 Å². The molecular weight excluding hydrogens is 694 g/mol. The quantitative estimate of drug-likeness (QED) is 0.147. The fourth-order valence-corrected chi connectivity index (χ4v) is 11.4. The molecule has 2 heterocycles. The summed E-state index contributed by atoms with van der Waals surface area (Å²) in [4.78, 5) is 0. The summed E-state index contributed by atoms with van der Waals surface area (Å²) in [6, 6.07) is 17.7. The van der Waals surface area contributed by atoms with Gasteiger partial charge < -0.3 is 0 Å². The number of hydrogen-bond donors (Lipinski definition) is 0. The summed E-state index contributed by atoms with van der Waals surface area (Å²) < 4.78 is 45.0. The summed E-state index contributed by atoms with van der Waals surface area (Å²) >= 11 is 12.2. The Bertz CT molecular complexity index is 1280. The topological polar surface area (TPSA) is 119 Å². The summed E-state index contributed by atoms with van der Waals surface area (Å²) in [5.41, 5.74) is 5.55. The maximum Gasteiger partial charge on any atom is 0 e. The second-order valence-corrected chi connectivity index (χ2v) is 16.1. The molecule has 0 fully saturated rings. The van der Waals surface area contributed by atoms with Crippen molar-refractivity contribution in [2.75, 3.05) is 0 Å². The van der Waals surface area contributed by atoms with Crippen LogP contribution >= 0.6 is 12.1 Å². The molecule has 2 unspecified atom stereocenters. The molecule has 2 atom stereocenters. The smallest absolute Gasteiger partial charge is 0 e. The van der Waals surface area contributed by atoms with Crippen molar-refractivity contribution in [3.8, 4) is 0 Å². The van der Waals surface area contributed by atoms with Gasteiger partial charge in [-0.2, -0.15) is 0 Å². The average Bonchev–Trinajstić information content (AvgIpc) is 3.52. The van der Waals surface area contributed by atoms with Gasteiger partial charge in [-0.25, -0.2) is 0 Å². The third-order valence-electron chi connectivity index (χ3n) is 5.46. The van der Waals surface area contributed by atoms with E-state index in [0.29, 0.717) is 0 Å². The minimum Gasteiger partial charge on any atom is 0 e. The molecule has 0 N–H and O–H groups in total. The molecule has 2 aliphatic heterocycles. The van der Waals surface area contributed by atoms with Crippen LogP contribution in [-0.2, 0) is 85.7 Å². The normalized spacial score (nSPS) is 18.0. The van der Waals surface area contributed by atoms with Gasteiger partial charge in [0.25, 0.3) is 0 Å². The van der Waals surface area contributed by atoms with E-state index in [1.54, 1.807) is 0 Å². The van der Waals surface area contributed by atoms with Crippen LogP contribution in [0.3, 0.4) is 0 Å². The van der Waals surface area contributed by atoms with Gasteiger partial charge in [0.05, 0.1) is 0 Å². The summed E-state index contributed by atoms with van der Waals surface area (Å²) in [7, 11) is 0. The predicted molar refractivity (Wildman–Crippen MR) is 157 cm³/mol. The van der Waals surface area contributed by atoms with Gasteiger partial charge in [0.2, 0.25) is 0 Å². The van der Waals surface area contributed by atoms with E-state index in [1.165, 1.54) is 32.9 Å². The Morgan fingerprint density at radius 1 is 0.476 bits per heavy atom. The molecule has 0 saturated carbocycles. The van der Waals surface area contributed by atoms with Crippen LogP contribution in [-0.4, -0.2) is 0 Å². The number of hydrogen-bond acceptors (Lipinski definition) is 2. The fourth-order valence-electron chi connectivity index (χ4n) is 3.90. The van der Waals surface area contributed by atoms with Gasteiger partial charge in [-0.15, -0.1) is 0 Å². The molecule has 0 aliphatic carbocycles. The number of rotatable bonds is 5. The molecule has 0 radical (unpaired) electrons. The standard InChI is InChI=1S/C24H24P2S2.6CO.2Fe/c1-19-15-25(27,23-9-5-3-6-10-23)17-21(19)13-14-22-18-26(28,16-20(22)2)24-11-7-4-8-12-24;6*1-2;;/h3-12,15-18H,13-14H2,1-2H3;;;;;;;;. The van der Waals surface area contributed by atoms with E-state index in [9.17, 15) is 0 Å². The molecule has 2 aromatic carbocycles. The minimum absolute atomic E-state index is 0. The predicted octanol–water partition coefficient (Wildman–Crippen LogP) is 6.75. The zero-order valence-electron chi connectivity index (χ0n) is 22.4. The first-order valence-electron chi connectivity index (χ1n) is 10.8. The molecule has 2 aliphatic rings. The van der Waals surface area contributed by atoms with E-state index in [0.717, 1.165) is 12.8 Å². The van der Waals surface area contributed by atoms with Crippen LogP contribution in [0.4, 0.5) is 0 Å². The third kappa shape index (κ3) is 15.1. The second-order valence-electron chi connectivity index (χ2n) is 7.52. The molecular formula is C30H24Fe2O6P2S2. The van der Waals surface area contributed by atoms with Crippen molar-refractivity contribution in [3.63, 3.8) is 0 Å². The SMILES string of the molecule is CC1=CP(=S)(c2ccccc2)C=C1CCC1=CP(=S)(c2ccccc2)C=C1C.[C-]#[O+].[C-]#[O+].[C-]#[O+].[C-]#[O+].[C-]#[O+].[C-]#[O+].[Fe].[Fe]. The van der Waals surface area contributed by atoms with Crippen LogP contribution in [0.15, 0.2) is 106 Å². The molecule has 218 valence electrons. The van der Waals surface area contributed by atoms with Crippen molar-refractivity contribution in [1.82, 2.24) is 0 Å². The second kappa shape index (κ2) is 29.3. The Morgan fingerprint density at radius 3 is 0.952 bits per heavy atom. The van der Waals surface area contributed by atoms with E-state index < -0.39 is 12.1 Å². The van der Waals surface area contributed by atoms with E-state index in [1.807, 2.05) is 0 Å². The van der Waals surface area contributed by atoms with Crippen LogP contribution in [0.5, 0.6) is 0 Å². The first-order chi connectivity index (χ1) is 19.4. The van der Waals surface area contributed by atoms with E-state index >= 15 is 0 Å². The Morgan fingerprint density at radius 2 is 0.714 bits per heavy atom. The molecule has 12 heteroatoms. The molecule has 0 bridgehead atoms. The van der Waals surface area contributed by atoms with Gasteiger partial charge in [-0.05, 0) is 82.9 Å². The Balaban J connectivity index is -0.000000292. The monoisotopic (exact) mass is 718 g/mol. The average molecular weight is 718 g/mol. The number of benzene rings is 2. The zero-order chi connectivity index (χ0) is 31.8. The van der Waals surface area contributed by atoms with Crippen LogP contribution < -0.4 is 10.6 Å². The van der Waals surface area contributed by atoms with Gasteiger partial charge >= 0.3 is 67.8 Å². The van der Waals surface area contributed by atoms with Gasteiger partial charge in [0, 0.05) is 46.2 Å². The van der Waals surface area contributed by atoms with Crippen LogP contribution in [0.1, 0.15) is 26.7 Å². The van der Waals surface area contributed by atoms with Crippen LogP contribution in [0.25, 0.3) is 0 Å². The van der Waals surface area contributed by atoms with Crippen molar-refractivity contribution < 1.29 is 62.1 Å². The molecule has 6 nitrogen and oxygen atoms in total. The molecule has 0 spiro atoms. The summed E-state index contributed by atoms with van der Waals surface area (Å²) in [5, 5.41) is 2.57. The van der Waals surface area contributed by atoms with Crippen molar-refractivity contribution >= 4 is 46.3 Å². The summed E-state index contributed by atoms with van der Waals surface area (Å²) in [5.74, 6) is 9.45. The molecule has 0 saturated heterocycles. The van der Waals surface area contributed by atoms with E-state index in [-0.39, 0.29) is 34.1 Å². The number of allylic oxidation sites excluding steroid dienone is 4. The van der Waals surface area contributed by atoms with Gasteiger partial charge in [-0.3, -0.25) is 0 Å². The molecule has 0 aromatic heterocycles. The van der Waals surface area contributed by atoms with Crippen molar-refractivity contribution in [2.24, 2.45) is 0 Å². The van der Waals surface area contributed by atoms with Crippen molar-refractivity contribution in [1.29, 1.82) is 0 Å². The van der Waals surface area contributed by atoms with Crippen molar-refractivity contribution in [2.45, 2.75) is 26.7 Å². The maximum atomic E-state index is 7.50. The van der Waals surface area contributed by atoms with Crippen LogP contribution in [0.2, 0.25) is 0 Å². The minimum atomic E-state index is -1.72. The molecule has 2 aromatic rings. The third-order valence-corrected chi connectivity index (χ3v) is 13.1. The Labute approximate surface area is 279 Å². The largest absolute Gasteiger partial charge is 0 e. The molecule has 42 heavy (non-hydrogen) atoms. The fraction of sp³-hybridized carbons (Fsp3) is 0.133. The van der Waals surface area contributed by atoms with Crippen molar-refractivity contribution in [3.05, 3.63) is 146 Å². The van der Waals surface area contributed by atoms with E-state index in [2.05, 4.69) is 138 Å². The van der Waals surface area contributed by atoms with E-state index in [4.69, 9.17) is 51.5 Å². The Kier molecular flexibility index (Phi) is 34.7. The Hall–Kier alpha value is -1.82. The summed E-state index contributed by atoms with van der Waals surface area (Å²) in [6.07, 6.45) is 2.07. The first kappa shape index (κ1) is 49.8. The molecule has 4 rings (SSSR count). The van der Waals surface area contributed by atoms with Gasteiger partial charge in [0.1, 0.15) is 0 Å². The zero-order valence-corrected chi connectivity index (χ0v) is 28.0.